The topological polar surface area (TPSA) is 124 Å². The number of nitrogens with one attached hydrogen (secondary N) is 1. The fourth-order valence-corrected chi connectivity index (χ4v) is 8.46. The van der Waals surface area contributed by atoms with Gasteiger partial charge in [-0.05, 0) is 53.1 Å². The zero-order chi connectivity index (χ0) is 33.8. The Morgan fingerprint density at radius 1 is 0.776 bits per heavy atom. The summed E-state index contributed by atoms with van der Waals surface area (Å²) in [6, 6.07) is 41.5. The molecule has 5 aromatic carbocycles. The van der Waals surface area contributed by atoms with E-state index in [9.17, 15) is 13.5 Å². The Morgan fingerprint density at radius 2 is 1.51 bits per heavy atom. The van der Waals surface area contributed by atoms with Crippen molar-refractivity contribution in [2.45, 2.75) is 40.8 Å². The van der Waals surface area contributed by atoms with Gasteiger partial charge in [0.2, 0.25) is 0 Å². The molecule has 1 saturated heterocycles. The number of benzene rings is 5. The average Bonchev–Trinajstić information content (AvgIpc) is 3.14. The molecule has 49 heavy (non-hydrogen) atoms. The molecule has 0 aliphatic carbocycles. The van der Waals surface area contributed by atoms with E-state index in [1.165, 1.54) is 0 Å². The number of thioether (sulfide) groups is 1. The summed E-state index contributed by atoms with van der Waals surface area (Å²) in [4.78, 5) is 5.39. The largest absolute Gasteiger partial charge is 0.398 e. The van der Waals surface area contributed by atoms with Crippen LogP contribution in [0, 0.1) is 0 Å². The van der Waals surface area contributed by atoms with Crippen molar-refractivity contribution in [3.05, 3.63) is 162 Å². The minimum atomic E-state index is -3.98. The number of para-hydroxylation sites is 2. The van der Waals surface area contributed by atoms with Crippen LogP contribution in [-0.2, 0) is 26.1 Å². The fraction of sp³-hybridized carbons (Fsp3) is 0.154. The van der Waals surface area contributed by atoms with Crippen LogP contribution in [0.25, 0.3) is 10.9 Å². The Morgan fingerprint density at radius 3 is 2.31 bits per heavy atom. The lowest BCUT2D eigenvalue weighted by Crippen LogP contribution is -2.38. The number of nitrogens with zero attached hydrogens (tertiary/aromatic N) is 1. The first-order valence-corrected chi connectivity index (χ1v) is 18.4. The highest BCUT2D eigenvalue weighted by Crippen LogP contribution is 2.48. The normalized spacial score (nSPS) is 19.4. The second kappa shape index (κ2) is 14.4. The summed E-state index contributed by atoms with van der Waals surface area (Å²) < 4.78 is 43.7. The number of anilines is 2. The van der Waals surface area contributed by atoms with Crippen molar-refractivity contribution in [1.29, 1.82) is 0 Å². The molecule has 0 spiro atoms. The predicted octanol–water partition coefficient (Wildman–Crippen LogP) is 7.84. The molecule has 4 N–H and O–H groups in total. The van der Waals surface area contributed by atoms with Crippen LogP contribution in [0.5, 0.6) is 0 Å². The Balaban J connectivity index is 1.24. The van der Waals surface area contributed by atoms with Crippen molar-refractivity contribution in [1.82, 2.24) is 4.98 Å². The van der Waals surface area contributed by atoms with Gasteiger partial charge in [0, 0.05) is 45.1 Å². The molecular formula is C39H35N3O5S2. The van der Waals surface area contributed by atoms with Crippen LogP contribution < -0.4 is 10.5 Å². The van der Waals surface area contributed by atoms with Gasteiger partial charge in [-0.2, -0.15) is 0 Å². The standard InChI is InChI=1S/C39H35N3O5S2/c40-32-15-4-5-16-34(32)48-25-33-36(27-9-2-1-3-10-27)38(29-20-18-26(24-43)19-21-29)47-39(46-33)30-12-6-14-31(23-30)42-49(44,45)35-17-7-11-28-13-8-22-41-37(28)35/h1-23,33,36,38-39,42-43H,24-25,40H2. The molecule has 10 heteroatoms. The molecular weight excluding hydrogens is 655 g/mol. The van der Waals surface area contributed by atoms with Crippen molar-refractivity contribution < 1.29 is 23.0 Å². The van der Waals surface area contributed by atoms with Gasteiger partial charge in [-0.1, -0.05) is 97.1 Å². The number of pyridine rings is 1. The Kier molecular flexibility index (Phi) is 9.65. The highest BCUT2D eigenvalue weighted by Gasteiger charge is 2.42. The second-order valence-electron chi connectivity index (χ2n) is 11.8. The van der Waals surface area contributed by atoms with E-state index in [1.54, 1.807) is 54.4 Å². The van der Waals surface area contributed by atoms with Gasteiger partial charge in [-0.3, -0.25) is 9.71 Å². The molecule has 0 radical (unpaired) electrons. The Bertz CT molecular complexity index is 2160. The minimum absolute atomic E-state index is 0.0606. The van der Waals surface area contributed by atoms with Gasteiger partial charge in [0.1, 0.15) is 4.90 Å². The number of aliphatic hydroxyl groups excluding tert-OH is 1. The third-order valence-electron chi connectivity index (χ3n) is 8.59. The van der Waals surface area contributed by atoms with Crippen LogP contribution in [0.1, 0.15) is 40.6 Å². The number of nitrogen functional groups attached to an aromatic ring is 1. The van der Waals surface area contributed by atoms with Crippen molar-refractivity contribution in [2.24, 2.45) is 0 Å². The molecule has 1 aliphatic rings. The number of aliphatic hydroxyl groups is 1. The lowest BCUT2D eigenvalue weighted by atomic mass is 9.84. The van der Waals surface area contributed by atoms with Crippen molar-refractivity contribution in [2.75, 3.05) is 16.2 Å². The van der Waals surface area contributed by atoms with E-state index in [4.69, 9.17) is 15.2 Å². The molecule has 4 atom stereocenters. The number of hydrogen-bond donors (Lipinski definition) is 3. The van der Waals surface area contributed by atoms with Gasteiger partial charge in [-0.25, -0.2) is 8.42 Å². The van der Waals surface area contributed by atoms with E-state index in [0.29, 0.717) is 28.2 Å². The predicted molar refractivity (Wildman–Crippen MR) is 194 cm³/mol. The highest BCUT2D eigenvalue weighted by atomic mass is 32.2. The van der Waals surface area contributed by atoms with E-state index < -0.39 is 22.4 Å². The van der Waals surface area contributed by atoms with E-state index >= 15 is 0 Å². The Hall–Kier alpha value is -4.71. The first-order chi connectivity index (χ1) is 23.9. The quantitative estimate of drug-likeness (QED) is 0.0982. The van der Waals surface area contributed by atoms with Crippen LogP contribution in [-0.4, -0.2) is 30.4 Å². The van der Waals surface area contributed by atoms with Crippen molar-refractivity contribution in [3.8, 4) is 0 Å². The zero-order valence-electron chi connectivity index (χ0n) is 26.4. The van der Waals surface area contributed by atoms with Crippen molar-refractivity contribution >= 4 is 44.1 Å². The summed E-state index contributed by atoms with van der Waals surface area (Å²) in [5, 5.41) is 10.4. The average molecular weight is 690 g/mol. The number of ether oxygens (including phenoxy) is 2. The second-order valence-corrected chi connectivity index (χ2v) is 14.5. The van der Waals surface area contributed by atoms with Gasteiger partial charge in [-0.15, -0.1) is 11.8 Å². The molecule has 2 heterocycles. The lowest BCUT2D eigenvalue weighted by Gasteiger charge is -2.43. The number of fused-ring (bicyclic) bond motifs is 1. The highest BCUT2D eigenvalue weighted by molar-refractivity contribution is 7.99. The molecule has 0 bridgehead atoms. The van der Waals surface area contributed by atoms with Gasteiger partial charge < -0.3 is 20.3 Å². The molecule has 248 valence electrons. The van der Waals surface area contributed by atoms with Gasteiger partial charge in [0.05, 0.1) is 24.3 Å². The van der Waals surface area contributed by atoms with Gasteiger partial charge >= 0.3 is 0 Å². The van der Waals surface area contributed by atoms with Gasteiger partial charge in [0.15, 0.2) is 6.29 Å². The number of aromatic nitrogens is 1. The summed E-state index contributed by atoms with van der Waals surface area (Å²) in [5.74, 6) is 0.398. The molecule has 1 aromatic heterocycles. The monoisotopic (exact) mass is 689 g/mol. The third-order valence-corrected chi connectivity index (χ3v) is 11.2. The van der Waals surface area contributed by atoms with Gasteiger partial charge in [0.25, 0.3) is 10.0 Å². The molecule has 0 saturated carbocycles. The number of nitrogens with two attached hydrogens (primary N) is 1. The van der Waals surface area contributed by atoms with Crippen LogP contribution in [0.3, 0.4) is 0 Å². The lowest BCUT2D eigenvalue weighted by molar-refractivity contribution is -0.255. The van der Waals surface area contributed by atoms with Crippen LogP contribution in [0.15, 0.2) is 149 Å². The number of hydrogen-bond acceptors (Lipinski definition) is 8. The maximum atomic E-state index is 13.6. The van der Waals surface area contributed by atoms with Crippen LogP contribution in [0.4, 0.5) is 11.4 Å². The summed E-state index contributed by atoms with van der Waals surface area (Å²) in [7, 11) is -3.98. The minimum Gasteiger partial charge on any atom is -0.398 e. The van der Waals surface area contributed by atoms with E-state index in [1.807, 2.05) is 84.9 Å². The smallest absolute Gasteiger partial charge is 0.264 e. The molecule has 8 nitrogen and oxygen atoms in total. The summed E-state index contributed by atoms with van der Waals surface area (Å²) in [6.45, 7) is -0.0606. The molecule has 6 aromatic rings. The SMILES string of the molecule is Nc1ccccc1SCC1OC(c2cccc(NS(=O)(=O)c3cccc4cccnc34)c2)OC(c2ccc(CO)cc2)C1c1ccccc1. The van der Waals surface area contributed by atoms with E-state index in [-0.39, 0.29) is 23.5 Å². The maximum Gasteiger partial charge on any atom is 0.264 e. The first kappa shape index (κ1) is 32.8. The summed E-state index contributed by atoms with van der Waals surface area (Å²) in [5.41, 5.74) is 11.3. The summed E-state index contributed by atoms with van der Waals surface area (Å²) in [6.07, 6.45) is 0.0202. The van der Waals surface area contributed by atoms with Crippen LogP contribution >= 0.6 is 11.8 Å². The first-order valence-electron chi connectivity index (χ1n) is 15.9. The number of sulfonamides is 1. The fourth-order valence-electron chi connectivity index (χ4n) is 6.19. The third kappa shape index (κ3) is 7.19. The summed E-state index contributed by atoms with van der Waals surface area (Å²) >= 11 is 1.63. The molecule has 1 fully saturated rings. The molecule has 4 unspecified atom stereocenters. The van der Waals surface area contributed by atoms with E-state index in [0.717, 1.165) is 27.0 Å². The zero-order valence-corrected chi connectivity index (χ0v) is 28.1. The molecule has 1 aliphatic heterocycles. The maximum absolute atomic E-state index is 13.6. The molecule has 7 rings (SSSR count). The van der Waals surface area contributed by atoms with E-state index in [2.05, 4.69) is 21.8 Å². The Labute approximate surface area is 290 Å². The van der Waals surface area contributed by atoms with Crippen molar-refractivity contribution in [3.63, 3.8) is 0 Å². The number of rotatable bonds is 10. The molecule has 0 amide bonds. The van der Waals surface area contributed by atoms with Crippen LogP contribution in [0.2, 0.25) is 0 Å².